The van der Waals surface area contributed by atoms with E-state index in [0.717, 1.165) is 25.4 Å². The Kier molecular flexibility index (Phi) is 4.84. The highest BCUT2D eigenvalue weighted by atomic mass is 16.2. The van der Waals surface area contributed by atoms with Crippen LogP contribution in [0.4, 0.5) is 0 Å². The maximum absolute atomic E-state index is 12.9. The number of rotatable bonds is 4. The van der Waals surface area contributed by atoms with Gasteiger partial charge < -0.3 is 4.90 Å². The first kappa shape index (κ1) is 17.3. The third-order valence-electron chi connectivity index (χ3n) is 6.44. The third kappa shape index (κ3) is 3.29. The number of amides is 1. The molecule has 0 saturated heterocycles. The highest BCUT2D eigenvalue weighted by Crippen LogP contribution is 2.35. The number of hydrogen-bond acceptors (Lipinski definition) is 2. The second-order valence-electron chi connectivity index (χ2n) is 8.02. The maximum atomic E-state index is 12.9. The van der Waals surface area contributed by atoms with Gasteiger partial charge >= 0.3 is 0 Å². The van der Waals surface area contributed by atoms with Crippen molar-refractivity contribution in [1.29, 1.82) is 0 Å². The molecule has 1 unspecified atom stereocenters. The van der Waals surface area contributed by atoms with Crippen molar-refractivity contribution in [2.75, 3.05) is 6.54 Å². The summed E-state index contributed by atoms with van der Waals surface area (Å²) in [6, 6.07) is 8.57. The normalized spacial score (nSPS) is 20.4. The van der Waals surface area contributed by atoms with E-state index in [4.69, 9.17) is 0 Å². The van der Waals surface area contributed by atoms with Crippen LogP contribution in [-0.2, 0) is 18.4 Å². The van der Waals surface area contributed by atoms with Gasteiger partial charge in [-0.3, -0.25) is 9.48 Å². The average Bonchev–Trinajstić information content (AvgIpc) is 3.29. The fourth-order valence-electron chi connectivity index (χ4n) is 4.71. The maximum Gasteiger partial charge on any atom is 0.222 e. The van der Waals surface area contributed by atoms with Gasteiger partial charge in [-0.05, 0) is 30.4 Å². The molecule has 4 nitrogen and oxygen atoms in total. The number of benzene rings is 1. The lowest BCUT2D eigenvalue weighted by atomic mass is 9.84. The molecule has 0 N–H and O–H groups in total. The molecule has 0 radical (unpaired) electrons. The predicted molar refractivity (Wildman–Crippen MR) is 103 cm³/mol. The topological polar surface area (TPSA) is 38.1 Å². The van der Waals surface area contributed by atoms with Crippen molar-refractivity contribution in [1.82, 2.24) is 14.7 Å². The number of carbonyl (C=O) groups is 1. The van der Waals surface area contributed by atoms with Crippen LogP contribution in [0.3, 0.4) is 0 Å². The van der Waals surface area contributed by atoms with Crippen molar-refractivity contribution in [3.8, 4) is 0 Å². The van der Waals surface area contributed by atoms with Gasteiger partial charge in [0.05, 0.1) is 6.20 Å². The predicted octanol–water partition coefficient (Wildman–Crippen LogP) is 4.17. The van der Waals surface area contributed by atoms with Crippen LogP contribution < -0.4 is 0 Å². The standard InChI is InChI=1S/C22H29N3O/c1-16-20(13-23-24(16)2)21-15-25(14-18-9-5-6-10-19(18)21)22(26)12-11-17-7-3-4-8-17/h5-6,9-10,13,17,21H,3-4,7-8,11-12,14-15H2,1-2H3. The van der Waals surface area contributed by atoms with E-state index in [1.807, 2.05) is 17.9 Å². The summed E-state index contributed by atoms with van der Waals surface area (Å²) >= 11 is 0. The summed E-state index contributed by atoms with van der Waals surface area (Å²) in [5.74, 6) is 1.31. The van der Waals surface area contributed by atoms with Crippen LogP contribution in [0.25, 0.3) is 0 Å². The van der Waals surface area contributed by atoms with Gasteiger partial charge in [0.25, 0.3) is 0 Å². The van der Waals surface area contributed by atoms with Gasteiger partial charge in [-0.2, -0.15) is 5.10 Å². The third-order valence-corrected chi connectivity index (χ3v) is 6.44. The number of carbonyl (C=O) groups excluding carboxylic acids is 1. The summed E-state index contributed by atoms with van der Waals surface area (Å²) < 4.78 is 1.93. The first-order valence-corrected chi connectivity index (χ1v) is 9.97. The lowest BCUT2D eigenvalue weighted by Crippen LogP contribution is -2.38. The molecule has 138 valence electrons. The molecule has 1 fully saturated rings. The number of fused-ring (bicyclic) bond motifs is 1. The van der Waals surface area contributed by atoms with Crippen molar-refractivity contribution in [2.45, 2.75) is 57.9 Å². The molecule has 2 aliphatic rings. The van der Waals surface area contributed by atoms with Gasteiger partial charge in [0.2, 0.25) is 5.91 Å². The quantitative estimate of drug-likeness (QED) is 0.829. The van der Waals surface area contributed by atoms with Crippen LogP contribution in [0.5, 0.6) is 0 Å². The van der Waals surface area contributed by atoms with Gasteiger partial charge in [0.15, 0.2) is 0 Å². The van der Waals surface area contributed by atoms with Crippen LogP contribution in [0.15, 0.2) is 30.5 Å². The summed E-state index contributed by atoms with van der Waals surface area (Å²) in [6.07, 6.45) is 9.06. The zero-order chi connectivity index (χ0) is 18.1. The Morgan fingerprint density at radius 1 is 1.19 bits per heavy atom. The molecule has 1 amide bonds. The Labute approximate surface area is 156 Å². The molecule has 1 aromatic carbocycles. The van der Waals surface area contributed by atoms with Gasteiger partial charge in [-0.1, -0.05) is 49.9 Å². The molecule has 1 saturated carbocycles. The Hall–Kier alpha value is -2.10. The summed E-state index contributed by atoms with van der Waals surface area (Å²) in [7, 11) is 1.98. The monoisotopic (exact) mass is 351 g/mol. The second-order valence-corrected chi connectivity index (χ2v) is 8.02. The number of aryl methyl sites for hydroxylation is 1. The summed E-state index contributed by atoms with van der Waals surface area (Å²) in [6.45, 7) is 3.63. The van der Waals surface area contributed by atoms with Gasteiger partial charge in [-0.25, -0.2) is 0 Å². The molecule has 1 aliphatic heterocycles. The minimum absolute atomic E-state index is 0.226. The van der Waals surface area contributed by atoms with E-state index in [1.54, 1.807) is 0 Å². The molecular weight excluding hydrogens is 322 g/mol. The zero-order valence-electron chi connectivity index (χ0n) is 15.9. The lowest BCUT2D eigenvalue weighted by Gasteiger charge is -2.35. The number of nitrogens with zero attached hydrogens (tertiary/aromatic N) is 3. The molecule has 4 heteroatoms. The molecule has 0 spiro atoms. The highest BCUT2D eigenvalue weighted by Gasteiger charge is 2.31. The Morgan fingerprint density at radius 3 is 2.69 bits per heavy atom. The molecule has 2 heterocycles. The van der Waals surface area contributed by atoms with Crippen LogP contribution in [0, 0.1) is 12.8 Å². The smallest absolute Gasteiger partial charge is 0.222 e. The minimum Gasteiger partial charge on any atom is -0.337 e. The van der Waals surface area contributed by atoms with Gasteiger partial charge in [-0.15, -0.1) is 0 Å². The molecule has 1 aliphatic carbocycles. The van der Waals surface area contributed by atoms with E-state index >= 15 is 0 Å². The molecule has 26 heavy (non-hydrogen) atoms. The zero-order valence-corrected chi connectivity index (χ0v) is 15.9. The Morgan fingerprint density at radius 2 is 1.96 bits per heavy atom. The lowest BCUT2D eigenvalue weighted by molar-refractivity contribution is -0.132. The highest BCUT2D eigenvalue weighted by molar-refractivity contribution is 5.76. The molecule has 0 bridgehead atoms. The first-order valence-electron chi connectivity index (χ1n) is 9.97. The first-order chi connectivity index (χ1) is 12.6. The van der Waals surface area contributed by atoms with E-state index in [1.165, 1.54) is 48.1 Å². The van der Waals surface area contributed by atoms with Crippen molar-refractivity contribution in [3.63, 3.8) is 0 Å². The molecule has 2 aromatic rings. The van der Waals surface area contributed by atoms with Gasteiger partial charge in [0, 0.05) is 43.7 Å². The summed E-state index contributed by atoms with van der Waals surface area (Å²) in [4.78, 5) is 15.0. The Bertz CT molecular complexity index is 788. The molecule has 1 aromatic heterocycles. The van der Waals surface area contributed by atoms with E-state index in [0.29, 0.717) is 12.3 Å². The van der Waals surface area contributed by atoms with Crippen molar-refractivity contribution >= 4 is 5.91 Å². The van der Waals surface area contributed by atoms with E-state index in [-0.39, 0.29) is 5.92 Å². The second kappa shape index (κ2) is 7.26. The SMILES string of the molecule is Cc1c(C2CN(C(=O)CCC3CCCC3)Cc3ccccc32)cnn1C. The number of hydrogen-bond donors (Lipinski definition) is 0. The fourth-order valence-corrected chi connectivity index (χ4v) is 4.71. The minimum atomic E-state index is 0.226. The van der Waals surface area contributed by atoms with Crippen molar-refractivity contribution in [3.05, 3.63) is 52.8 Å². The van der Waals surface area contributed by atoms with Crippen LogP contribution in [0.2, 0.25) is 0 Å². The van der Waals surface area contributed by atoms with Crippen LogP contribution >= 0.6 is 0 Å². The Balaban J connectivity index is 1.55. The van der Waals surface area contributed by atoms with Crippen LogP contribution in [-0.4, -0.2) is 27.1 Å². The fraction of sp³-hybridized carbons (Fsp3) is 0.545. The molecule has 1 atom stereocenters. The van der Waals surface area contributed by atoms with E-state index < -0.39 is 0 Å². The molecule has 4 rings (SSSR count). The number of aromatic nitrogens is 2. The average molecular weight is 351 g/mol. The van der Waals surface area contributed by atoms with Crippen molar-refractivity contribution < 1.29 is 4.79 Å². The summed E-state index contributed by atoms with van der Waals surface area (Å²) in [5.41, 5.74) is 5.06. The van der Waals surface area contributed by atoms with Crippen molar-refractivity contribution in [2.24, 2.45) is 13.0 Å². The van der Waals surface area contributed by atoms with E-state index in [2.05, 4.69) is 41.2 Å². The van der Waals surface area contributed by atoms with Crippen LogP contribution in [0.1, 0.15) is 66.8 Å². The largest absolute Gasteiger partial charge is 0.337 e. The molecular formula is C22H29N3O. The summed E-state index contributed by atoms with van der Waals surface area (Å²) in [5, 5.41) is 4.44. The van der Waals surface area contributed by atoms with E-state index in [9.17, 15) is 4.79 Å². The van der Waals surface area contributed by atoms with Gasteiger partial charge in [0.1, 0.15) is 0 Å².